The molecule has 0 spiro atoms. The van der Waals surface area contributed by atoms with Gasteiger partial charge in [-0.05, 0) is 37.5 Å². The zero-order valence-corrected chi connectivity index (χ0v) is 10.7. The van der Waals surface area contributed by atoms with E-state index >= 15 is 0 Å². The summed E-state index contributed by atoms with van der Waals surface area (Å²) in [6, 6.07) is 0. The van der Waals surface area contributed by atoms with Crippen molar-refractivity contribution in [1.29, 1.82) is 0 Å². The first-order chi connectivity index (χ1) is 7.29. The number of sulfone groups is 1. The van der Waals surface area contributed by atoms with E-state index in [-0.39, 0.29) is 17.6 Å². The first-order valence-corrected chi connectivity index (χ1v) is 7.76. The van der Waals surface area contributed by atoms with Gasteiger partial charge in [0.25, 0.3) is 0 Å². The van der Waals surface area contributed by atoms with Gasteiger partial charge in [-0.1, -0.05) is 6.92 Å². The predicted octanol–water partition coefficient (Wildman–Crippen LogP) is 1.56. The first-order valence-electron chi connectivity index (χ1n) is 5.70. The molecule has 16 heavy (non-hydrogen) atoms. The Hall–Kier alpha value is -0.580. The maximum atomic E-state index is 11.1. The molecule has 0 radical (unpaired) electrons. The molecule has 1 rings (SSSR count). The SMILES string of the molecule is CC1CCC(C(=O)O)C(CCS(C)(=O)=O)C1. The molecular formula is C11H20O4S. The number of carboxylic acids is 1. The number of rotatable bonds is 4. The summed E-state index contributed by atoms with van der Waals surface area (Å²) in [4.78, 5) is 11.0. The molecule has 3 atom stereocenters. The van der Waals surface area contributed by atoms with E-state index < -0.39 is 15.8 Å². The van der Waals surface area contributed by atoms with Crippen molar-refractivity contribution in [2.75, 3.05) is 12.0 Å². The van der Waals surface area contributed by atoms with Gasteiger partial charge in [-0.2, -0.15) is 0 Å². The average molecular weight is 248 g/mol. The van der Waals surface area contributed by atoms with Crippen molar-refractivity contribution in [3.8, 4) is 0 Å². The normalized spacial score (nSPS) is 31.2. The third-order valence-corrected chi connectivity index (χ3v) is 4.40. The van der Waals surface area contributed by atoms with E-state index in [1.165, 1.54) is 6.26 Å². The Kier molecular flexibility index (Phi) is 4.35. The molecule has 1 fully saturated rings. The maximum Gasteiger partial charge on any atom is 0.306 e. The summed E-state index contributed by atoms with van der Waals surface area (Å²) < 4.78 is 22.2. The lowest BCUT2D eigenvalue weighted by molar-refractivity contribution is -0.145. The van der Waals surface area contributed by atoms with Crippen molar-refractivity contribution in [1.82, 2.24) is 0 Å². The Balaban J connectivity index is 2.61. The fourth-order valence-electron chi connectivity index (χ4n) is 2.51. The molecule has 0 aromatic carbocycles. The zero-order valence-electron chi connectivity index (χ0n) is 9.85. The highest BCUT2D eigenvalue weighted by molar-refractivity contribution is 7.90. The molecule has 0 heterocycles. The molecule has 0 aromatic heterocycles. The van der Waals surface area contributed by atoms with Crippen LogP contribution in [0.25, 0.3) is 0 Å². The van der Waals surface area contributed by atoms with E-state index in [1.807, 2.05) is 0 Å². The standard InChI is InChI=1S/C11H20O4S/c1-8-3-4-10(11(12)13)9(7-8)5-6-16(2,14)15/h8-10H,3-7H2,1-2H3,(H,12,13). The molecule has 5 heteroatoms. The molecule has 0 aromatic rings. The van der Waals surface area contributed by atoms with Crippen LogP contribution in [-0.4, -0.2) is 31.5 Å². The Labute approximate surface area is 97.0 Å². The molecular weight excluding hydrogens is 228 g/mol. The van der Waals surface area contributed by atoms with Crippen molar-refractivity contribution in [2.45, 2.75) is 32.6 Å². The molecule has 1 N–H and O–H groups in total. The van der Waals surface area contributed by atoms with E-state index in [9.17, 15) is 13.2 Å². The van der Waals surface area contributed by atoms with Gasteiger partial charge in [0.15, 0.2) is 0 Å². The molecule has 1 saturated carbocycles. The molecule has 4 nitrogen and oxygen atoms in total. The van der Waals surface area contributed by atoms with Crippen LogP contribution in [-0.2, 0) is 14.6 Å². The highest BCUT2D eigenvalue weighted by Crippen LogP contribution is 2.36. The summed E-state index contributed by atoms with van der Waals surface area (Å²) >= 11 is 0. The molecule has 0 aliphatic heterocycles. The van der Waals surface area contributed by atoms with Crippen molar-refractivity contribution in [3.63, 3.8) is 0 Å². The second kappa shape index (κ2) is 5.17. The average Bonchev–Trinajstić information content (AvgIpc) is 2.13. The Bertz CT molecular complexity index is 347. The number of carbonyl (C=O) groups is 1. The van der Waals surface area contributed by atoms with Gasteiger partial charge < -0.3 is 5.11 Å². The third kappa shape index (κ3) is 4.12. The second-order valence-electron chi connectivity index (χ2n) is 5.04. The summed E-state index contributed by atoms with van der Waals surface area (Å²) in [6.45, 7) is 2.10. The van der Waals surface area contributed by atoms with E-state index in [1.54, 1.807) is 0 Å². The van der Waals surface area contributed by atoms with E-state index in [0.29, 0.717) is 18.8 Å². The van der Waals surface area contributed by atoms with Crippen LogP contribution in [0.15, 0.2) is 0 Å². The summed E-state index contributed by atoms with van der Waals surface area (Å²) in [5.41, 5.74) is 0. The van der Waals surface area contributed by atoms with Crippen LogP contribution in [0, 0.1) is 17.8 Å². The van der Waals surface area contributed by atoms with Crippen molar-refractivity contribution < 1.29 is 18.3 Å². The van der Waals surface area contributed by atoms with Crippen LogP contribution in [0.2, 0.25) is 0 Å². The highest BCUT2D eigenvalue weighted by atomic mass is 32.2. The zero-order chi connectivity index (χ0) is 12.3. The van der Waals surface area contributed by atoms with E-state index in [0.717, 1.165) is 12.8 Å². The maximum absolute atomic E-state index is 11.1. The van der Waals surface area contributed by atoms with Gasteiger partial charge in [0.1, 0.15) is 9.84 Å². The lowest BCUT2D eigenvalue weighted by Crippen LogP contribution is -2.31. The number of hydrogen-bond donors (Lipinski definition) is 1. The number of carboxylic acid groups (broad SMARTS) is 1. The van der Waals surface area contributed by atoms with Crippen molar-refractivity contribution in [2.24, 2.45) is 17.8 Å². The summed E-state index contributed by atoms with van der Waals surface area (Å²) in [5.74, 6) is -0.478. The van der Waals surface area contributed by atoms with Gasteiger partial charge in [0, 0.05) is 6.26 Å². The van der Waals surface area contributed by atoms with E-state index in [4.69, 9.17) is 5.11 Å². The van der Waals surface area contributed by atoms with Gasteiger partial charge >= 0.3 is 5.97 Å². The van der Waals surface area contributed by atoms with Crippen LogP contribution in [0.3, 0.4) is 0 Å². The monoisotopic (exact) mass is 248 g/mol. The number of hydrogen-bond acceptors (Lipinski definition) is 3. The van der Waals surface area contributed by atoms with Crippen LogP contribution in [0.4, 0.5) is 0 Å². The first kappa shape index (κ1) is 13.5. The molecule has 0 saturated heterocycles. The quantitative estimate of drug-likeness (QED) is 0.819. The number of aliphatic carboxylic acids is 1. The fourth-order valence-corrected chi connectivity index (χ4v) is 3.24. The van der Waals surface area contributed by atoms with Crippen molar-refractivity contribution in [3.05, 3.63) is 0 Å². The third-order valence-electron chi connectivity index (χ3n) is 3.42. The van der Waals surface area contributed by atoms with Crippen LogP contribution in [0.5, 0.6) is 0 Å². The largest absolute Gasteiger partial charge is 0.481 e. The molecule has 1 aliphatic rings. The summed E-state index contributed by atoms with van der Waals surface area (Å²) in [6.07, 6.45) is 4.15. The van der Waals surface area contributed by atoms with Gasteiger partial charge in [-0.15, -0.1) is 0 Å². The van der Waals surface area contributed by atoms with Crippen molar-refractivity contribution >= 4 is 15.8 Å². The Morgan fingerprint density at radius 1 is 1.38 bits per heavy atom. The Morgan fingerprint density at radius 3 is 2.50 bits per heavy atom. The molecule has 0 amide bonds. The van der Waals surface area contributed by atoms with Crippen LogP contribution >= 0.6 is 0 Å². The Morgan fingerprint density at radius 2 is 2.00 bits per heavy atom. The van der Waals surface area contributed by atoms with Gasteiger partial charge in [-0.25, -0.2) is 8.42 Å². The highest BCUT2D eigenvalue weighted by Gasteiger charge is 2.33. The van der Waals surface area contributed by atoms with Gasteiger partial charge in [0.05, 0.1) is 11.7 Å². The summed E-state index contributed by atoms with van der Waals surface area (Å²) in [5, 5.41) is 9.07. The lowest BCUT2D eigenvalue weighted by Gasteiger charge is -2.32. The molecule has 3 unspecified atom stereocenters. The van der Waals surface area contributed by atoms with Gasteiger partial charge in [-0.3, -0.25) is 4.79 Å². The van der Waals surface area contributed by atoms with Crippen LogP contribution in [0.1, 0.15) is 32.6 Å². The van der Waals surface area contributed by atoms with E-state index in [2.05, 4.69) is 6.92 Å². The minimum Gasteiger partial charge on any atom is -0.481 e. The smallest absolute Gasteiger partial charge is 0.306 e. The van der Waals surface area contributed by atoms with Gasteiger partial charge in [0.2, 0.25) is 0 Å². The predicted molar refractivity (Wildman–Crippen MR) is 62.0 cm³/mol. The molecule has 94 valence electrons. The second-order valence-corrected chi connectivity index (χ2v) is 7.30. The lowest BCUT2D eigenvalue weighted by atomic mass is 9.73. The summed E-state index contributed by atoms with van der Waals surface area (Å²) in [7, 11) is -2.98. The molecule has 1 aliphatic carbocycles. The minimum atomic E-state index is -2.98. The molecule has 0 bridgehead atoms. The minimum absolute atomic E-state index is 0.0241. The van der Waals surface area contributed by atoms with Crippen LogP contribution < -0.4 is 0 Å². The topological polar surface area (TPSA) is 71.4 Å². The fraction of sp³-hybridized carbons (Fsp3) is 0.909.